The van der Waals surface area contributed by atoms with E-state index in [0.717, 1.165) is 48.7 Å². The molecule has 1 aromatic rings. The van der Waals surface area contributed by atoms with Gasteiger partial charge in [0.25, 0.3) is 0 Å². The largest absolute Gasteiger partial charge is 0.368 e. The van der Waals surface area contributed by atoms with Crippen LogP contribution in [-0.2, 0) is 4.74 Å². The summed E-state index contributed by atoms with van der Waals surface area (Å²) < 4.78 is 6.70. The van der Waals surface area contributed by atoms with Crippen LogP contribution in [0.5, 0.6) is 0 Å². The Balaban J connectivity index is 1.82. The topological polar surface area (TPSA) is 38.2 Å². The maximum atomic E-state index is 6.24. The average Bonchev–Trinajstić information content (AvgIpc) is 3.27. The zero-order valence-electron chi connectivity index (χ0n) is 11.6. The maximum absolute atomic E-state index is 6.24. The minimum Gasteiger partial charge on any atom is -0.368 e. The van der Waals surface area contributed by atoms with Gasteiger partial charge in [0, 0.05) is 19.0 Å². The van der Waals surface area contributed by atoms with E-state index in [1.54, 1.807) is 0 Å². The van der Waals surface area contributed by atoms with Gasteiger partial charge >= 0.3 is 0 Å². The van der Waals surface area contributed by atoms with Crippen molar-refractivity contribution in [3.8, 4) is 0 Å². The van der Waals surface area contributed by atoms with Crippen LogP contribution in [0.1, 0.15) is 49.7 Å². The van der Waals surface area contributed by atoms with Crippen molar-refractivity contribution in [2.75, 3.05) is 26.2 Å². The molecule has 110 valence electrons. The number of morpholine rings is 1. The van der Waals surface area contributed by atoms with E-state index in [-0.39, 0.29) is 6.10 Å². The summed E-state index contributed by atoms with van der Waals surface area (Å²) in [6, 6.07) is 0. The Morgan fingerprint density at radius 1 is 1.40 bits per heavy atom. The summed E-state index contributed by atoms with van der Waals surface area (Å²) in [7, 11) is 0. The molecule has 1 saturated heterocycles. The molecule has 0 spiro atoms. The molecule has 1 aromatic heterocycles. The minimum absolute atomic E-state index is 0.0570. The van der Waals surface area contributed by atoms with Crippen molar-refractivity contribution in [3.63, 3.8) is 0 Å². The van der Waals surface area contributed by atoms with E-state index in [2.05, 4.69) is 32.7 Å². The first-order valence-electron chi connectivity index (χ1n) is 7.25. The summed E-state index contributed by atoms with van der Waals surface area (Å²) in [4.78, 5) is 11.5. The highest BCUT2D eigenvalue weighted by Gasteiger charge is 2.31. The van der Waals surface area contributed by atoms with Gasteiger partial charge in [0.15, 0.2) is 5.82 Å². The summed E-state index contributed by atoms with van der Waals surface area (Å²) in [6.45, 7) is 5.88. The van der Waals surface area contributed by atoms with Crippen molar-refractivity contribution in [1.82, 2.24) is 14.9 Å². The third-order valence-corrected chi connectivity index (χ3v) is 5.08. The molecule has 0 radical (unpaired) electrons. The summed E-state index contributed by atoms with van der Waals surface area (Å²) >= 11 is 9.75. The van der Waals surface area contributed by atoms with Crippen molar-refractivity contribution >= 4 is 27.5 Å². The van der Waals surface area contributed by atoms with E-state index < -0.39 is 0 Å². The van der Waals surface area contributed by atoms with Crippen LogP contribution < -0.4 is 0 Å². The number of rotatable bonds is 4. The number of nitrogens with zero attached hydrogens (tertiary/aromatic N) is 3. The van der Waals surface area contributed by atoms with E-state index in [4.69, 9.17) is 21.3 Å². The smallest absolute Gasteiger partial charge is 0.160 e. The lowest BCUT2D eigenvalue weighted by atomic mass is 10.2. The number of aromatic nitrogens is 2. The zero-order chi connectivity index (χ0) is 14.1. The normalized spacial score (nSPS) is 24.1. The molecule has 1 saturated carbocycles. The van der Waals surface area contributed by atoms with Crippen LogP contribution in [0.4, 0.5) is 0 Å². The number of hydrogen-bond acceptors (Lipinski definition) is 4. The Labute approximate surface area is 133 Å². The minimum atomic E-state index is -0.0570. The highest BCUT2D eigenvalue weighted by Crippen LogP contribution is 2.44. The molecule has 4 nitrogen and oxygen atoms in total. The van der Waals surface area contributed by atoms with E-state index in [1.807, 2.05) is 0 Å². The van der Waals surface area contributed by atoms with Crippen LogP contribution in [-0.4, -0.2) is 41.1 Å². The van der Waals surface area contributed by atoms with E-state index in [9.17, 15) is 0 Å². The van der Waals surface area contributed by atoms with E-state index in [1.165, 1.54) is 12.8 Å². The first-order chi connectivity index (χ1) is 9.69. The van der Waals surface area contributed by atoms with Gasteiger partial charge in [-0.1, -0.05) is 18.5 Å². The lowest BCUT2D eigenvalue weighted by Crippen LogP contribution is -2.39. The summed E-state index contributed by atoms with van der Waals surface area (Å²) in [5.74, 6) is 1.28. The Morgan fingerprint density at radius 2 is 2.20 bits per heavy atom. The van der Waals surface area contributed by atoms with Gasteiger partial charge in [0.05, 0.1) is 16.8 Å². The fourth-order valence-electron chi connectivity index (χ4n) is 2.60. The first-order valence-corrected chi connectivity index (χ1v) is 8.43. The van der Waals surface area contributed by atoms with Gasteiger partial charge in [-0.25, -0.2) is 9.97 Å². The summed E-state index contributed by atoms with van der Waals surface area (Å²) in [5, 5.41) is 0.508. The van der Waals surface area contributed by atoms with Gasteiger partial charge in [0.1, 0.15) is 11.3 Å². The molecule has 0 amide bonds. The van der Waals surface area contributed by atoms with Crippen LogP contribution in [0.25, 0.3) is 0 Å². The maximum Gasteiger partial charge on any atom is 0.160 e. The quantitative estimate of drug-likeness (QED) is 0.770. The first kappa shape index (κ1) is 14.7. The molecule has 3 rings (SSSR count). The van der Waals surface area contributed by atoms with Crippen LogP contribution in [0.15, 0.2) is 4.47 Å². The Kier molecular flexibility index (Phi) is 4.60. The monoisotopic (exact) mass is 359 g/mol. The molecule has 2 fully saturated rings. The molecular weight excluding hydrogens is 342 g/mol. The Hall–Kier alpha value is -0.230. The SMILES string of the molecule is CCCN1CCOC(c2nc(Cl)c(Br)c(C3CC3)n2)C1. The molecule has 1 aliphatic heterocycles. The predicted octanol–water partition coefficient (Wildman–Crippen LogP) is 3.55. The van der Waals surface area contributed by atoms with Gasteiger partial charge in [-0.3, -0.25) is 4.90 Å². The average molecular weight is 361 g/mol. The van der Waals surface area contributed by atoms with Crippen LogP contribution >= 0.6 is 27.5 Å². The van der Waals surface area contributed by atoms with Gasteiger partial charge in [0.2, 0.25) is 0 Å². The molecule has 1 atom stereocenters. The number of halogens is 2. The summed E-state index contributed by atoms with van der Waals surface area (Å²) in [5.41, 5.74) is 1.05. The molecule has 20 heavy (non-hydrogen) atoms. The Morgan fingerprint density at radius 3 is 2.90 bits per heavy atom. The van der Waals surface area contributed by atoms with Crippen LogP contribution in [0.3, 0.4) is 0 Å². The highest BCUT2D eigenvalue weighted by molar-refractivity contribution is 9.10. The highest BCUT2D eigenvalue weighted by atomic mass is 79.9. The van der Waals surface area contributed by atoms with E-state index in [0.29, 0.717) is 11.1 Å². The molecule has 2 heterocycles. The lowest BCUT2D eigenvalue weighted by molar-refractivity contribution is -0.0343. The second-order valence-electron chi connectivity index (χ2n) is 5.51. The standard InChI is InChI=1S/C14H19BrClN3O/c1-2-5-19-6-7-20-10(8-19)14-17-12(9-3-4-9)11(15)13(16)18-14/h9-10H,2-8H2,1H3. The van der Waals surface area contributed by atoms with Crippen LogP contribution in [0.2, 0.25) is 5.15 Å². The third kappa shape index (κ3) is 3.16. The van der Waals surface area contributed by atoms with Crippen molar-refractivity contribution in [1.29, 1.82) is 0 Å². The third-order valence-electron chi connectivity index (χ3n) is 3.80. The van der Waals surface area contributed by atoms with Crippen LogP contribution in [0, 0.1) is 0 Å². The molecule has 1 aliphatic carbocycles. The second kappa shape index (κ2) is 6.26. The van der Waals surface area contributed by atoms with Gasteiger partial charge in [-0.2, -0.15) is 0 Å². The molecule has 6 heteroatoms. The van der Waals surface area contributed by atoms with Gasteiger partial charge < -0.3 is 4.74 Å². The number of hydrogen-bond donors (Lipinski definition) is 0. The van der Waals surface area contributed by atoms with Gasteiger partial charge in [-0.05, 0) is 41.7 Å². The molecule has 0 N–H and O–H groups in total. The van der Waals surface area contributed by atoms with Crippen molar-refractivity contribution in [3.05, 3.63) is 21.1 Å². The van der Waals surface area contributed by atoms with Crippen molar-refractivity contribution in [2.45, 2.75) is 38.2 Å². The molecule has 0 bridgehead atoms. The molecule has 2 aliphatic rings. The fourth-order valence-corrected chi connectivity index (χ4v) is 3.29. The lowest BCUT2D eigenvalue weighted by Gasteiger charge is -2.32. The van der Waals surface area contributed by atoms with E-state index >= 15 is 0 Å². The number of ether oxygens (including phenoxy) is 1. The molecule has 1 unspecified atom stereocenters. The van der Waals surface area contributed by atoms with Crippen molar-refractivity contribution in [2.24, 2.45) is 0 Å². The van der Waals surface area contributed by atoms with Crippen molar-refractivity contribution < 1.29 is 4.74 Å². The fraction of sp³-hybridized carbons (Fsp3) is 0.714. The zero-order valence-corrected chi connectivity index (χ0v) is 14.0. The second-order valence-corrected chi connectivity index (χ2v) is 6.66. The van der Waals surface area contributed by atoms with Gasteiger partial charge in [-0.15, -0.1) is 0 Å². The molecule has 0 aromatic carbocycles. The molecular formula is C14H19BrClN3O. The predicted molar refractivity (Wildman–Crippen MR) is 82.1 cm³/mol. The summed E-state index contributed by atoms with van der Waals surface area (Å²) in [6.07, 6.45) is 3.48. The Bertz CT molecular complexity index is 494.